The van der Waals surface area contributed by atoms with Gasteiger partial charge in [-0.05, 0) is 55.3 Å². The Morgan fingerprint density at radius 1 is 1.13 bits per heavy atom. The summed E-state index contributed by atoms with van der Waals surface area (Å²) in [6.07, 6.45) is 3.81. The van der Waals surface area contributed by atoms with Gasteiger partial charge in [-0.2, -0.15) is 5.10 Å². The Hall–Kier alpha value is -3.75. The summed E-state index contributed by atoms with van der Waals surface area (Å²) in [6.45, 7) is 0.517. The van der Waals surface area contributed by atoms with Crippen LogP contribution in [0.15, 0.2) is 47.3 Å². The Balaban J connectivity index is 1.33. The number of halogens is 1. The summed E-state index contributed by atoms with van der Waals surface area (Å²) >= 11 is 0. The number of rotatable bonds is 4. The molecule has 2 aromatic heterocycles. The number of benzene rings is 2. The third-order valence-electron chi connectivity index (χ3n) is 5.46. The lowest BCUT2D eigenvalue weighted by atomic mass is 10.2. The summed E-state index contributed by atoms with van der Waals surface area (Å²) in [5.74, 6) is 0.734. The first-order valence-electron chi connectivity index (χ1n) is 10.3. The van der Waals surface area contributed by atoms with Crippen molar-refractivity contribution in [2.75, 3.05) is 5.32 Å². The topological polar surface area (TPSA) is 97.6 Å². The zero-order valence-corrected chi connectivity index (χ0v) is 16.8. The lowest BCUT2D eigenvalue weighted by Gasteiger charge is -2.05. The molecule has 1 aliphatic heterocycles. The molecule has 0 saturated carbocycles. The van der Waals surface area contributed by atoms with Crippen LogP contribution in [-0.2, 0) is 24.3 Å². The average molecular weight is 420 g/mol. The molecule has 0 aliphatic carbocycles. The van der Waals surface area contributed by atoms with Gasteiger partial charge in [0.05, 0.1) is 11.0 Å². The van der Waals surface area contributed by atoms with Gasteiger partial charge in [0.1, 0.15) is 24.0 Å². The molecule has 0 radical (unpaired) electrons. The average Bonchev–Trinajstić information content (AvgIpc) is 3.20. The third-order valence-corrected chi connectivity index (χ3v) is 5.46. The second kappa shape index (κ2) is 7.82. The van der Waals surface area contributed by atoms with Crippen LogP contribution in [0.3, 0.4) is 0 Å². The predicted octanol–water partition coefficient (Wildman–Crippen LogP) is 3.09. The van der Waals surface area contributed by atoms with Crippen molar-refractivity contribution < 1.29 is 9.18 Å². The highest BCUT2D eigenvalue weighted by Crippen LogP contribution is 2.23. The number of nitrogens with one attached hydrogen (secondary N) is 2. The summed E-state index contributed by atoms with van der Waals surface area (Å²) in [5, 5.41) is 7.16. The molecule has 158 valence electrons. The Morgan fingerprint density at radius 3 is 2.81 bits per heavy atom. The lowest BCUT2D eigenvalue weighted by Crippen LogP contribution is -2.30. The number of imidazole rings is 1. The van der Waals surface area contributed by atoms with E-state index in [9.17, 15) is 14.0 Å². The normalized spacial score (nSPS) is 13.7. The first-order chi connectivity index (χ1) is 15.1. The zero-order valence-electron chi connectivity index (χ0n) is 16.8. The van der Waals surface area contributed by atoms with E-state index in [-0.39, 0.29) is 24.0 Å². The number of aryl methyl sites for hydroxylation is 1. The monoisotopic (exact) mass is 420 g/mol. The Labute approximate surface area is 176 Å². The minimum Gasteiger partial charge on any atom is -0.338 e. The molecule has 0 spiro atoms. The van der Waals surface area contributed by atoms with Crippen LogP contribution in [0.5, 0.6) is 0 Å². The van der Waals surface area contributed by atoms with Crippen LogP contribution in [0.4, 0.5) is 10.1 Å². The molecule has 0 saturated heterocycles. The van der Waals surface area contributed by atoms with E-state index in [1.54, 1.807) is 34.9 Å². The molecule has 31 heavy (non-hydrogen) atoms. The van der Waals surface area contributed by atoms with E-state index in [1.807, 2.05) is 0 Å². The number of aromatic amines is 1. The van der Waals surface area contributed by atoms with E-state index in [0.717, 1.165) is 48.1 Å². The van der Waals surface area contributed by atoms with Crippen LogP contribution in [0.25, 0.3) is 22.4 Å². The van der Waals surface area contributed by atoms with Crippen LogP contribution >= 0.6 is 0 Å². The van der Waals surface area contributed by atoms with E-state index >= 15 is 0 Å². The number of anilines is 1. The fraction of sp³-hybridized carbons (Fsp3) is 0.273. The Bertz CT molecular complexity index is 1320. The van der Waals surface area contributed by atoms with Crippen LogP contribution in [0.2, 0.25) is 0 Å². The molecule has 0 bridgehead atoms. The Morgan fingerprint density at radius 2 is 1.97 bits per heavy atom. The van der Waals surface area contributed by atoms with Crippen LogP contribution in [-0.4, -0.2) is 30.2 Å². The number of hydrogen-bond donors (Lipinski definition) is 2. The second-order valence-corrected chi connectivity index (χ2v) is 7.69. The highest BCUT2D eigenvalue weighted by Gasteiger charge is 2.17. The fourth-order valence-electron chi connectivity index (χ4n) is 3.90. The molecule has 5 rings (SSSR count). The maximum Gasteiger partial charge on any atom is 0.346 e. The van der Waals surface area contributed by atoms with Crippen molar-refractivity contribution >= 4 is 22.6 Å². The first-order valence-corrected chi connectivity index (χ1v) is 10.3. The van der Waals surface area contributed by atoms with E-state index < -0.39 is 0 Å². The van der Waals surface area contributed by atoms with Gasteiger partial charge in [-0.15, -0.1) is 0 Å². The number of amides is 1. The molecular formula is C22H21FN6O2. The van der Waals surface area contributed by atoms with E-state index in [1.165, 1.54) is 16.8 Å². The van der Waals surface area contributed by atoms with Crippen molar-refractivity contribution in [1.29, 1.82) is 0 Å². The van der Waals surface area contributed by atoms with Gasteiger partial charge in [-0.25, -0.2) is 18.9 Å². The number of carbonyl (C=O) groups is 1. The molecule has 4 aromatic rings. The van der Waals surface area contributed by atoms with Crippen molar-refractivity contribution in [1.82, 2.24) is 24.3 Å². The predicted molar refractivity (Wildman–Crippen MR) is 114 cm³/mol. The molecule has 3 heterocycles. The summed E-state index contributed by atoms with van der Waals surface area (Å²) in [6, 6.07) is 11.4. The number of nitrogens with zero attached hydrogens (tertiary/aromatic N) is 4. The SMILES string of the molecule is O=C(Cn1nc2n(c1=O)CCCCC2)Nc1ccc2nc(-c3ccc(F)cc3)[nH]c2c1. The molecule has 0 atom stereocenters. The molecule has 2 aromatic carbocycles. The maximum atomic E-state index is 13.1. The molecule has 2 N–H and O–H groups in total. The van der Waals surface area contributed by atoms with Gasteiger partial charge in [0, 0.05) is 24.2 Å². The van der Waals surface area contributed by atoms with Gasteiger partial charge in [-0.3, -0.25) is 9.36 Å². The van der Waals surface area contributed by atoms with Crippen LogP contribution < -0.4 is 11.0 Å². The maximum absolute atomic E-state index is 13.1. The van der Waals surface area contributed by atoms with E-state index in [2.05, 4.69) is 20.4 Å². The van der Waals surface area contributed by atoms with Crippen molar-refractivity contribution in [2.45, 2.75) is 38.8 Å². The number of hydrogen-bond acceptors (Lipinski definition) is 4. The second-order valence-electron chi connectivity index (χ2n) is 7.69. The largest absolute Gasteiger partial charge is 0.346 e. The van der Waals surface area contributed by atoms with Gasteiger partial charge in [0.25, 0.3) is 0 Å². The summed E-state index contributed by atoms with van der Waals surface area (Å²) in [4.78, 5) is 32.8. The van der Waals surface area contributed by atoms with E-state index in [0.29, 0.717) is 18.1 Å². The molecule has 0 unspecified atom stereocenters. The summed E-state index contributed by atoms with van der Waals surface area (Å²) in [7, 11) is 0. The van der Waals surface area contributed by atoms with Gasteiger partial charge < -0.3 is 10.3 Å². The van der Waals surface area contributed by atoms with Crippen molar-refractivity contribution in [3.63, 3.8) is 0 Å². The quantitative estimate of drug-likeness (QED) is 0.530. The van der Waals surface area contributed by atoms with Gasteiger partial charge >= 0.3 is 5.69 Å². The summed E-state index contributed by atoms with van der Waals surface area (Å²) in [5.41, 5.74) is 2.58. The van der Waals surface area contributed by atoms with Gasteiger partial charge in [0.15, 0.2) is 0 Å². The molecule has 9 heteroatoms. The smallest absolute Gasteiger partial charge is 0.338 e. The third kappa shape index (κ3) is 3.86. The Kier molecular flexibility index (Phi) is 4.85. The molecule has 1 amide bonds. The molecule has 8 nitrogen and oxygen atoms in total. The van der Waals surface area contributed by atoms with Gasteiger partial charge in [-0.1, -0.05) is 6.42 Å². The number of carbonyl (C=O) groups excluding carboxylic acids is 1. The standard InChI is InChI=1S/C22H21FN6O2/c23-15-7-5-14(6-8-15)21-25-17-10-9-16(12-18(17)26-21)24-20(30)13-29-22(31)28-11-3-1-2-4-19(28)27-29/h5-10,12H,1-4,11,13H2,(H,24,30)(H,25,26). The van der Waals surface area contributed by atoms with Crippen molar-refractivity contribution in [3.8, 4) is 11.4 Å². The first kappa shape index (κ1) is 19.2. The number of fused-ring (bicyclic) bond motifs is 2. The number of H-pyrrole nitrogens is 1. The lowest BCUT2D eigenvalue weighted by molar-refractivity contribution is -0.117. The van der Waals surface area contributed by atoms with Crippen LogP contribution in [0, 0.1) is 5.82 Å². The fourth-order valence-corrected chi connectivity index (χ4v) is 3.90. The minimum atomic E-state index is -0.326. The van der Waals surface area contributed by atoms with Crippen molar-refractivity contribution in [2.24, 2.45) is 0 Å². The van der Waals surface area contributed by atoms with E-state index in [4.69, 9.17) is 0 Å². The molecular weight excluding hydrogens is 399 g/mol. The van der Waals surface area contributed by atoms with Gasteiger partial charge in [0.2, 0.25) is 5.91 Å². The minimum absolute atomic E-state index is 0.138. The zero-order chi connectivity index (χ0) is 21.4. The highest BCUT2D eigenvalue weighted by molar-refractivity contribution is 5.93. The molecule has 0 fully saturated rings. The summed E-state index contributed by atoms with van der Waals surface area (Å²) < 4.78 is 16.1. The number of aromatic nitrogens is 5. The molecule has 1 aliphatic rings. The van der Waals surface area contributed by atoms with Crippen molar-refractivity contribution in [3.05, 3.63) is 64.6 Å². The van der Waals surface area contributed by atoms with Crippen LogP contribution in [0.1, 0.15) is 25.1 Å². The highest BCUT2D eigenvalue weighted by atomic mass is 19.1.